The Morgan fingerprint density at radius 2 is 1.52 bits per heavy atom. The van der Waals surface area contributed by atoms with Crippen LogP contribution in [-0.4, -0.2) is 42.8 Å². The normalized spacial score (nSPS) is 38.4. The van der Waals surface area contributed by atoms with Crippen molar-refractivity contribution in [1.82, 2.24) is 0 Å². The van der Waals surface area contributed by atoms with Gasteiger partial charge in [0.05, 0.1) is 17.8 Å². The molecule has 0 amide bonds. The molecule has 1 unspecified atom stereocenters. The van der Waals surface area contributed by atoms with Gasteiger partial charge in [0.25, 0.3) is 0 Å². The molecule has 4 aliphatic rings. The van der Waals surface area contributed by atoms with Crippen molar-refractivity contribution in [2.75, 3.05) is 0 Å². The molecule has 3 saturated carbocycles. The van der Waals surface area contributed by atoms with Gasteiger partial charge in [-0.2, -0.15) is 0 Å². The van der Waals surface area contributed by atoms with Crippen molar-refractivity contribution < 1.29 is 13.3 Å². The molecule has 244 valence electrons. The van der Waals surface area contributed by atoms with E-state index < -0.39 is 25.0 Å². The lowest BCUT2D eigenvalue weighted by atomic mass is 9.46. The lowest BCUT2D eigenvalue weighted by molar-refractivity contribution is -0.100. The lowest BCUT2D eigenvalue weighted by Crippen LogP contribution is -2.58. The summed E-state index contributed by atoms with van der Waals surface area (Å²) in [6.45, 7) is 33.8. The fourth-order valence-corrected chi connectivity index (χ4v) is 14.9. The molecule has 0 radical (unpaired) electrons. The zero-order valence-corrected chi connectivity index (χ0v) is 33.4. The molecular formula is C36H70O3Si3. The maximum atomic E-state index is 7.17. The van der Waals surface area contributed by atoms with Gasteiger partial charge in [-0.1, -0.05) is 45.3 Å². The lowest BCUT2D eigenvalue weighted by Gasteiger charge is -2.61. The van der Waals surface area contributed by atoms with Gasteiger partial charge in [0.2, 0.25) is 0 Å². The van der Waals surface area contributed by atoms with Crippen molar-refractivity contribution in [3.05, 3.63) is 11.6 Å². The first-order valence-electron chi connectivity index (χ1n) is 17.8. The van der Waals surface area contributed by atoms with Gasteiger partial charge in [-0.25, -0.2) is 0 Å². The van der Waals surface area contributed by atoms with Gasteiger partial charge in [-0.05, 0) is 159 Å². The smallest absolute Gasteiger partial charge is 0.184 e. The minimum Gasteiger partial charge on any atom is -0.414 e. The highest BCUT2D eigenvalue weighted by Gasteiger charge is 2.61. The Bertz CT molecular complexity index is 973. The summed E-state index contributed by atoms with van der Waals surface area (Å²) in [6, 6.07) is 0. The highest BCUT2D eigenvalue weighted by molar-refractivity contribution is 6.70. The van der Waals surface area contributed by atoms with Crippen LogP contribution < -0.4 is 0 Å². The summed E-state index contributed by atoms with van der Waals surface area (Å²) in [6.07, 6.45) is 16.4. The molecule has 0 N–H and O–H groups in total. The Kier molecular flexibility index (Phi) is 10.1. The van der Waals surface area contributed by atoms with E-state index in [9.17, 15) is 0 Å². The Labute approximate surface area is 265 Å². The maximum Gasteiger partial charge on any atom is 0.184 e. The summed E-state index contributed by atoms with van der Waals surface area (Å²) >= 11 is 0. The van der Waals surface area contributed by atoms with Crippen LogP contribution in [0, 0.1) is 40.4 Å². The van der Waals surface area contributed by atoms with Crippen LogP contribution in [0.3, 0.4) is 0 Å². The summed E-state index contributed by atoms with van der Waals surface area (Å²) in [5.41, 5.74) is 2.38. The Hall–Kier alpha value is 0.271. The van der Waals surface area contributed by atoms with E-state index in [1.807, 2.05) is 0 Å². The van der Waals surface area contributed by atoms with Gasteiger partial charge >= 0.3 is 0 Å². The van der Waals surface area contributed by atoms with Gasteiger partial charge in [-0.15, -0.1) is 0 Å². The van der Waals surface area contributed by atoms with E-state index in [0.29, 0.717) is 17.6 Å². The third-order valence-corrected chi connectivity index (χ3v) is 15.1. The molecule has 0 heterocycles. The van der Waals surface area contributed by atoms with Gasteiger partial charge < -0.3 is 13.3 Å². The van der Waals surface area contributed by atoms with Crippen LogP contribution in [0.2, 0.25) is 58.9 Å². The first-order valence-corrected chi connectivity index (χ1v) is 28.0. The average Bonchev–Trinajstić information content (AvgIpc) is 3.13. The van der Waals surface area contributed by atoms with Crippen LogP contribution in [0.4, 0.5) is 0 Å². The maximum absolute atomic E-state index is 7.17. The molecule has 4 aliphatic carbocycles. The molecule has 3 nitrogen and oxygen atoms in total. The minimum atomic E-state index is -1.70. The number of fused-ring (bicyclic) bond motifs is 5. The van der Waals surface area contributed by atoms with E-state index in [1.165, 1.54) is 51.4 Å². The van der Waals surface area contributed by atoms with Gasteiger partial charge in [0.1, 0.15) is 0 Å². The monoisotopic (exact) mass is 634 g/mol. The molecule has 6 heteroatoms. The van der Waals surface area contributed by atoms with Crippen molar-refractivity contribution in [2.45, 2.75) is 176 Å². The third-order valence-electron chi connectivity index (χ3n) is 11.9. The van der Waals surface area contributed by atoms with Crippen LogP contribution in [0.15, 0.2) is 11.6 Å². The molecule has 3 fully saturated rings. The van der Waals surface area contributed by atoms with E-state index in [4.69, 9.17) is 13.3 Å². The van der Waals surface area contributed by atoms with Gasteiger partial charge in [0.15, 0.2) is 25.0 Å². The fourth-order valence-electron chi connectivity index (χ4n) is 10.8. The topological polar surface area (TPSA) is 27.7 Å². The molecule has 9 atom stereocenters. The second-order valence-corrected chi connectivity index (χ2v) is 32.6. The molecular weight excluding hydrogens is 565 g/mol. The van der Waals surface area contributed by atoms with Crippen LogP contribution >= 0.6 is 0 Å². The van der Waals surface area contributed by atoms with E-state index in [1.54, 1.807) is 5.57 Å². The van der Waals surface area contributed by atoms with Crippen molar-refractivity contribution >= 4 is 25.0 Å². The molecule has 42 heavy (non-hydrogen) atoms. The molecule has 0 aromatic heterocycles. The molecule has 0 spiro atoms. The van der Waals surface area contributed by atoms with Crippen LogP contribution in [0.5, 0.6) is 0 Å². The summed E-state index contributed by atoms with van der Waals surface area (Å²) in [5, 5.41) is 0. The zero-order valence-electron chi connectivity index (χ0n) is 30.4. The fraction of sp³-hybridized carbons (Fsp3) is 0.944. The molecule has 0 aromatic carbocycles. The summed E-state index contributed by atoms with van der Waals surface area (Å²) in [7, 11) is -4.82. The highest BCUT2D eigenvalue weighted by atomic mass is 28.4. The zero-order chi connectivity index (χ0) is 31.5. The largest absolute Gasteiger partial charge is 0.414 e. The van der Waals surface area contributed by atoms with Crippen LogP contribution in [0.25, 0.3) is 0 Å². The van der Waals surface area contributed by atoms with Crippen molar-refractivity contribution in [3.8, 4) is 0 Å². The Morgan fingerprint density at radius 1 is 0.881 bits per heavy atom. The van der Waals surface area contributed by atoms with Crippen LogP contribution in [-0.2, 0) is 13.3 Å². The number of rotatable bonds is 11. The number of hydrogen-bond donors (Lipinski definition) is 0. The quantitative estimate of drug-likeness (QED) is 0.167. The minimum absolute atomic E-state index is 0.0135. The second kappa shape index (κ2) is 12.1. The molecule has 0 aliphatic heterocycles. The molecule has 4 rings (SSSR count). The first-order chi connectivity index (χ1) is 19.0. The summed E-state index contributed by atoms with van der Waals surface area (Å²) in [4.78, 5) is 0. The Balaban J connectivity index is 1.50. The van der Waals surface area contributed by atoms with E-state index in [-0.39, 0.29) is 11.0 Å². The SMILES string of the molecule is C[C@H](CCCC(C)(C)O[Si](C)(C)C)[C@H]1CC[C@H]2[C@@H]3CC=C4CC(O[Si](C)(C)C)C[C@H](O[Si](C)(C)C)[C@]4(C)[C@H]3CC[C@]12C. The second-order valence-electron chi connectivity index (χ2n) is 19.2. The van der Waals surface area contributed by atoms with Crippen LogP contribution in [0.1, 0.15) is 98.8 Å². The molecule has 0 saturated heterocycles. The molecule has 0 aromatic rings. The standard InChI is InChI=1S/C36H70O3Si3/c1-26(16-15-22-34(2,3)39-42(12,13)14)30-19-20-31-29-18-17-27-24-28(37-40(6,7)8)25-33(38-41(9,10)11)36(27,5)32(29)21-23-35(30,31)4/h17,26,28-33H,15-16,18-25H2,1-14H3/t26-,28?,29+,30-,31+,32+,33+,35-,36+/m1/s1. The molecule has 0 bridgehead atoms. The summed E-state index contributed by atoms with van der Waals surface area (Å²) < 4.78 is 20.5. The van der Waals surface area contributed by atoms with Crippen molar-refractivity contribution in [3.63, 3.8) is 0 Å². The van der Waals surface area contributed by atoms with Gasteiger partial charge in [0, 0.05) is 5.41 Å². The van der Waals surface area contributed by atoms with E-state index in [0.717, 1.165) is 42.4 Å². The van der Waals surface area contributed by atoms with Crippen molar-refractivity contribution in [1.29, 1.82) is 0 Å². The van der Waals surface area contributed by atoms with Crippen molar-refractivity contribution in [2.24, 2.45) is 40.4 Å². The first kappa shape index (κ1) is 35.1. The average molecular weight is 635 g/mol. The van der Waals surface area contributed by atoms with E-state index in [2.05, 4.69) is 99.6 Å². The predicted octanol–water partition coefficient (Wildman–Crippen LogP) is 11.1. The number of hydrogen-bond acceptors (Lipinski definition) is 3. The predicted molar refractivity (Wildman–Crippen MR) is 189 cm³/mol. The Morgan fingerprint density at radius 3 is 2.12 bits per heavy atom. The van der Waals surface area contributed by atoms with E-state index >= 15 is 0 Å². The van der Waals surface area contributed by atoms with Gasteiger partial charge in [-0.3, -0.25) is 0 Å². The highest BCUT2D eigenvalue weighted by Crippen LogP contribution is 2.68. The third kappa shape index (κ3) is 7.79. The summed E-state index contributed by atoms with van der Waals surface area (Å²) in [5.74, 6) is 4.13. The number of allylic oxidation sites excluding steroid dienone is 1.